The minimum absolute atomic E-state index is 0.189. The Bertz CT molecular complexity index is 661. The molecule has 3 rings (SSSR count). The summed E-state index contributed by atoms with van der Waals surface area (Å²) < 4.78 is 1.91. The van der Waals surface area contributed by atoms with Crippen LogP contribution in [0.3, 0.4) is 0 Å². The molecule has 5 nitrogen and oxygen atoms in total. The summed E-state index contributed by atoms with van der Waals surface area (Å²) >= 11 is 2.88. The molecule has 2 aromatic rings. The normalized spacial score (nSPS) is 16.4. The van der Waals surface area contributed by atoms with Gasteiger partial charge in [0.1, 0.15) is 5.54 Å². The third kappa shape index (κ3) is 2.89. The van der Waals surface area contributed by atoms with Crippen molar-refractivity contribution in [2.75, 3.05) is 5.75 Å². The molecule has 1 fully saturated rings. The maximum Gasteiger partial charge on any atom is 0.329 e. The zero-order valence-electron chi connectivity index (χ0n) is 11.2. The van der Waals surface area contributed by atoms with E-state index < -0.39 is 11.5 Å². The number of aliphatic carboxylic acids is 1. The van der Waals surface area contributed by atoms with Crippen LogP contribution < -0.4 is 5.32 Å². The van der Waals surface area contributed by atoms with E-state index in [1.165, 1.54) is 23.1 Å². The summed E-state index contributed by atoms with van der Waals surface area (Å²) in [7, 11) is 0. The number of benzene rings is 1. The molecule has 0 spiro atoms. The second kappa shape index (κ2) is 5.65. The predicted molar refractivity (Wildman–Crippen MR) is 82.7 cm³/mol. The number of fused-ring (bicyclic) bond motifs is 1. The lowest BCUT2D eigenvalue weighted by molar-refractivity contribution is -0.151. The number of carbonyl (C=O) groups is 2. The Morgan fingerprint density at radius 2 is 2.14 bits per heavy atom. The number of carboxylic acids is 1. The molecule has 2 N–H and O–H groups in total. The van der Waals surface area contributed by atoms with Crippen LogP contribution in [0.25, 0.3) is 10.2 Å². The molecule has 1 aromatic heterocycles. The molecule has 0 unspecified atom stereocenters. The highest BCUT2D eigenvalue weighted by molar-refractivity contribution is 8.01. The number of carbonyl (C=O) groups excluding carboxylic acids is 1. The van der Waals surface area contributed by atoms with Crippen LogP contribution in [0.2, 0.25) is 0 Å². The van der Waals surface area contributed by atoms with E-state index in [0.29, 0.717) is 12.8 Å². The minimum atomic E-state index is -1.04. The van der Waals surface area contributed by atoms with Gasteiger partial charge in [-0.05, 0) is 31.4 Å². The van der Waals surface area contributed by atoms with Gasteiger partial charge in [0.2, 0.25) is 5.91 Å². The van der Waals surface area contributed by atoms with Gasteiger partial charge in [-0.2, -0.15) is 0 Å². The molecule has 110 valence electrons. The largest absolute Gasteiger partial charge is 0.480 e. The predicted octanol–water partition coefficient (Wildman–Crippen LogP) is 2.51. The molecule has 1 heterocycles. The smallest absolute Gasteiger partial charge is 0.329 e. The quantitative estimate of drug-likeness (QED) is 0.827. The second-order valence-electron chi connectivity index (χ2n) is 5.03. The summed E-state index contributed by atoms with van der Waals surface area (Å²) in [4.78, 5) is 27.6. The Balaban J connectivity index is 1.59. The van der Waals surface area contributed by atoms with E-state index in [9.17, 15) is 14.7 Å². The first-order chi connectivity index (χ1) is 10.1. The first kappa shape index (κ1) is 14.3. The van der Waals surface area contributed by atoms with Gasteiger partial charge < -0.3 is 10.4 Å². The fourth-order valence-corrected chi connectivity index (χ4v) is 4.13. The number of rotatable bonds is 5. The van der Waals surface area contributed by atoms with Crippen LogP contribution in [-0.2, 0) is 9.59 Å². The van der Waals surface area contributed by atoms with Gasteiger partial charge in [-0.15, -0.1) is 11.3 Å². The van der Waals surface area contributed by atoms with Gasteiger partial charge in [0.15, 0.2) is 4.34 Å². The van der Waals surface area contributed by atoms with Crippen LogP contribution >= 0.6 is 23.1 Å². The monoisotopic (exact) mass is 322 g/mol. The van der Waals surface area contributed by atoms with Gasteiger partial charge in [0.25, 0.3) is 0 Å². The zero-order chi connectivity index (χ0) is 14.9. The van der Waals surface area contributed by atoms with Crippen molar-refractivity contribution in [2.24, 2.45) is 0 Å². The van der Waals surface area contributed by atoms with E-state index >= 15 is 0 Å². The number of hydrogen-bond acceptors (Lipinski definition) is 5. The number of amides is 1. The van der Waals surface area contributed by atoms with E-state index in [4.69, 9.17) is 0 Å². The van der Waals surface area contributed by atoms with Crippen LogP contribution in [0.1, 0.15) is 19.3 Å². The molecule has 1 aromatic carbocycles. The van der Waals surface area contributed by atoms with Crippen LogP contribution in [-0.4, -0.2) is 33.3 Å². The van der Waals surface area contributed by atoms with Crippen LogP contribution in [0.4, 0.5) is 0 Å². The summed E-state index contributed by atoms with van der Waals surface area (Å²) in [5.41, 5.74) is -0.114. The van der Waals surface area contributed by atoms with E-state index in [-0.39, 0.29) is 11.7 Å². The third-order valence-corrected chi connectivity index (χ3v) is 5.78. The number of hydrogen-bond donors (Lipinski definition) is 2. The van der Waals surface area contributed by atoms with Crippen molar-refractivity contribution >= 4 is 45.2 Å². The van der Waals surface area contributed by atoms with Gasteiger partial charge in [0, 0.05) is 0 Å². The lowest BCUT2D eigenvalue weighted by Crippen LogP contribution is -2.59. The molecule has 1 aliphatic rings. The van der Waals surface area contributed by atoms with E-state index in [1.54, 1.807) is 0 Å². The summed E-state index contributed by atoms with van der Waals surface area (Å²) in [5.74, 6) is -0.997. The molecule has 1 saturated carbocycles. The molecule has 0 aliphatic heterocycles. The second-order valence-corrected chi connectivity index (χ2v) is 7.28. The van der Waals surface area contributed by atoms with Crippen molar-refractivity contribution in [2.45, 2.75) is 29.1 Å². The highest BCUT2D eigenvalue weighted by Gasteiger charge is 2.45. The zero-order valence-corrected chi connectivity index (χ0v) is 12.8. The molecular weight excluding hydrogens is 308 g/mol. The van der Waals surface area contributed by atoms with E-state index in [2.05, 4.69) is 10.3 Å². The Morgan fingerprint density at radius 1 is 1.38 bits per heavy atom. The summed E-state index contributed by atoms with van der Waals surface area (Å²) in [5, 5.41) is 11.8. The number of carboxylic acid groups (broad SMARTS) is 1. The van der Waals surface area contributed by atoms with Crippen LogP contribution in [0.15, 0.2) is 28.6 Å². The fraction of sp³-hybridized carbons (Fsp3) is 0.357. The van der Waals surface area contributed by atoms with Crippen molar-refractivity contribution in [1.82, 2.24) is 10.3 Å². The molecule has 1 amide bonds. The molecular formula is C14H14N2O3S2. The van der Waals surface area contributed by atoms with Gasteiger partial charge in [0.05, 0.1) is 16.0 Å². The summed E-state index contributed by atoms with van der Waals surface area (Å²) in [6, 6.07) is 7.81. The van der Waals surface area contributed by atoms with E-state index in [0.717, 1.165) is 21.0 Å². The summed E-state index contributed by atoms with van der Waals surface area (Å²) in [6.07, 6.45) is 1.87. The Labute approximate surface area is 129 Å². The first-order valence-electron chi connectivity index (χ1n) is 6.62. The number of nitrogens with one attached hydrogen (secondary N) is 1. The lowest BCUT2D eigenvalue weighted by atomic mass is 9.77. The third-order valence-electron chi connectivity index (χ3n) is 3.60. The van der Waals surface area contributed by atoms with Crippen molar-refractivity contribution in [3.63, 3.8) is 0 Å². The lowest BCUT2D eigenvalue weighted by Gasteiger charge is -2.38. The number of thioether (sulfide) groups is 1. The number of nitrogens with zero attached hydrogens (tertiary/aromatic N) is 1. The van der Waals surface area contributed by atoms with Gasteiger partial charge in [-0.3, -0.25) is 4.79 Å². The molecule has 0 saturated heterocycles. The first-order valence-corrected chi connectivity index (χ1v) is 8.42. The Hall–Kier alpha value is -1.60. The standard InChI is InChI=1S/C14H14N2O3S2/c17-11(16-14(12(18)19)6-3-7-14)8-20-13-15-9-4-1-2-5-10(9)21-13/h1-2,4-5H,3,6-8H2,(H,16,17)(H,18,19). The molecule has 7 heteroatoms. The van der Waals surface area contributed by atoms with Gasteiger partial charge >= 0.3 is 5.97 Å². The molecule has 0 radical (unpaired) electrons. The Kier molecular flexibility index (Phi) is 3.86. The van der Waals surface area contributed by atoms with Gasteiger partial charge in [-0.1, -0.05) is 23.9 Å². The average molecular weight is 322 g/mol. The minimum Gasteiger partial charge on any atom is -0.480 e. The highest BCUT2D eigenvalue weighted by atomic mass is 32.2. The highest BCUT2D eigenvalue weighted by Crippen LogP contribution is 2.33. The average Bonchev–Trinajstić information content (AvgIpc) is 2.83. The molecule has 0 bridgehead atoms. The summed E-state index contributed by atoms with van der Waals surface area (Å²) in [6.45, 7) is 0. The maximum atomic E-state index is 11.9. The molecule has 0 atom stereocenters. The van der Waals surface area contributed by atoms with Crippen molar-refractivity contribution in [3.05, 3.63) is 24.3 Å². The molecule has 1 aliphatic carbocycles. The van der Waals surface area contributed by atoms with Crippen molar-refractivity contribution in [3.8, 4) is 0 Å². The number of aromatic nitrogens is 1. The SMILES string of the molecule is O=C(CSc1nc2ccccc2s1)NC1(C(=O)O)CCC1. The van der Waals surface area contributed by atoms with Crippen LogP contribution in [0, 0.1) is 0 Å². The topological polar surface area (TPSA) is 79.3 Å². The van der Waals surface area contributed by atoms with Gasteiger partial charge in [-0.25, -0.2) is 9.78 Å². The van der Waals surface area contributed by atoms with Crippen LogP contribution in [0.5, 0.6) is 0 Å². The number of thiazole rings is 1. The molecule has 21 heavy (non-hydrogen) atoms. The fourth-order valence-electron chi connectivity index (χ4n) is 2.27. The van der Waals surface area contributed by atoms with Crippen molar-refractivity contribution in [1.29, 1.82) is 0 Å². The van der Waals surface area contributed by atoms with Crippen molar-refractivity contribution < 1.29 is 14.7 Å². The number of para-hydroxylation sites is 1. The maximum absolute atomic E-state index is 11.9. The Morgan fingerprint density at radius 3 is 2.76 bits per heavy atom. The van der Waals surface area contributed by atoms with E-state index in [1.807, 2.05) is 24.3 Å².